The van der Waals surface area contributed by atoms with Crippen LogP contribution in [0.15, 0.2) is 23.3 Å². The molecule has 0 radical (unpaired) electrons. The van der Waals surface area contributed by atoms with Gasteiger partial charge in [-0.15, -0.1) is 0 Å². The van der Waals surface area contributed by atoms with Crippen molar-refractivity contribution < 1.29 is 39.1 Å². The van der Waals surface area contributed by atoms with Crippen molar-refractivity contribution in [2.75, 3.05) is 0 Å². The maximum Gasteiger partial charge on any atom is 0.333 e. The summed E-state index contributed by atoms with van der Waals surface area (Å²) in [6, 6.07) is 0. The molecular formula is C39H60O8. The van der Waals surface area contributed by atoms with Gasteiger partial charge in [0.05, 0.1) is 23.2 Å². The first kappa shape index (κ1) is 35.1. The number of rotatable bonds is 4. The van der Waals surface area contributed by atoms with Gasteiger partial charge in [-0.1, -0.05) is 53.7 Å². The highest BCUT2D eigenvalue weighted by Crippen LogP contribution is 2.81. The zero-order valence-corrected chi connectivity index (χ0v) is 30.4. The zero-order valence-electron chi connectivity index (χ0n) is 30.4. The first-order valence-corrected chi connectivity index (χ1v) is 18.2. The highest BCUT2D eigenvalue weighted by atomic mass is 16.6. The van der Waals surface area contributed by atoms with E-state index < -0.39 is 53.0 Å². The number of esters is 2. The zero-order chi connectivity index (χ0) is 34.7. The van der Waals surface area contributed by atoms with Crippen LogP contribution >= 0.6 is 0 Å². The molecule has 1 heterocycles. The minimum atomic E-state index is -1.40. The monoisotopic (exact) mass is 656 g/mol. The van der Waals surface area contributed by atoms with Gasteiger partial charge in [0.25, 0.3) is 0 Å². The van der Waals surface area contributed by atoms with Crippen LogP contribution in [0.5, 0.6) is 0 Å². The van der Waals surface area contributed by atoms with E-state index in [1.165, 1.54) is 0 Å². The van der Waals surface area contributed by atoms with Crippen molar-refractivity contribution in [1.82, 2.24) is 0 Å². The third kappa shape index (κ3) is 4.26. The second-order valence-corrected chi connectivity index (χ2v) is 17.8. The van der Waals surface area contributed by atoms with Crippen LogP contribution in [0, 0.1) is 50.7 Å². The van der Waals surface area contributed by atoms with E-state index in [0.29, 0.717) is 35.8 Å². The summed E-state index contributed by atoms with van der Waals surface area (Å²) in [7, 11) is 0. The summed E-state index contributed by atoms with van der Waals surface area (Å²) < 4.78 is 19.4. The van der Waals surface area contributed by atoms with Crippen molar-refractivity contribution in [1.29, 1.82) is 0 Å². The Morgan fingerprint density at radius 1 is 0.787 bits per heavy atom. The Labute approximate surface area is 281 Å². The number of carbonyl (C=O) groups excluding carboxylic acids is 2. The van der Waals surface area contributed by atoms with Crippen LogP contribution in [0.3, 0.4) is 0 Å². The van der Waals surface area contributed by atoms with Crippen LogP contribution < -0.4 is 0 Å². The fourth-order valence-electron chi connectivity index (χ4n) is 13.1. The van der Waals surface area contributed by atoms with E-state index >= 15 is 0 Å². The van der Waals surface area contributed by atoms with Gasteiger partial charge in [-0.3, -0.25) is 0 Å². The lowest BCUT2D eigenvalue weighted by molar-refractivity contribution is -0.308. The maximum absolute atomic E-state index is 13.5. The van der Waals surface area contributed by atoms with E-state index in [1.54, 1.807) is 39.8 Å². The lowest BCUT2D eigenvalue weighted by Gasteiger charge is -2.75. The third-order valence-corrected chi connectivity index (χ3v) is 16.1. The fourth-order valence-corrected chi connectivity index (χ4v) is 13.1. The molecule has 6 rings (SSSR count). The average molecular weight is 657 g/mol. The van der Waals surface area contributed by atoms with Crippen LogP contribution in [0.2, 0.25) is 0 Å². The van der Waals surface area contributed by atoms with Gasteiger partial charge in [-0.05, 0) is 113 Å². The molecule has 2 bridgehead atoms. The van der Waals surface area contributed by atoms with Gasteiger partial charge < -0.3 is 29.5 Å². The number of hydrogen-bond donors (Lipinski definition) is 3. The van der Waals surface area contributed by atoms with Crippen molar-refractivity contribution in [3.8, 4) is 0 Å². The molecule has 1 saturated heterocycles. The summed E-state index contributed by atoms with van der Waals surface area (Å²) in [5.41, 5.74) is -2.10. The number of ether oxygens (including phenoxy) is 3. The van der Waals surface area contributed by atoms with Crippen molar-refractivity contribution in [2.45, 2.75) is 157 Å². The van der Waals surface area contributed by atoms with Crippen LogP contribution in [0.1, 0.15) is 121 Å². The van der Waals surface area contributed by atoms with E-state index in [0.717, 1.165) is 38.5 Å². The molecule has 0 aromatic carbocycles. The normalized spacial score (nSPS) is 52.0. The van der Waals surface area contributed by atoms with Crippen LogP contribution in [0.4, 0.5) is 0 Å². The highest BCUT2D eigenvalue weighted by molar-refractivity contribution is 5.88. The molecule has 6 aliphatic rings. The topological polar surface area (TPSA) is 123 Å². The van der Waals surface area contributed by atoms with Gasteiger partial charge in [-0.2, -0.15) is 0 Å². The summed E-state index contributed by atoms with van der Waals surface area (Å²) in [5, 5.41) is 35.9. The Kier molecular flexibility index (Phi) is 8.31. The van der Waals surface area contributed by atoms with E-state index in [2.05, 4.69) is 34.6 Å². The Morgan fingerprint density at radius 3 is 2.00 bits per heavy atom. The molecule has 3 N–H and O–H groups in total. The number of aliphatic hydroxyl groups is 3. The summed E-state index contributed by atoms with van der Waals surface area (Å²) in [5.74, 6) is -0.836. The molecule has 1 spiro atoms. The number of carbonyl (C=O) groups is 2. The molecule has 6 fully saturated rings. The largest absolute Gasteiger partial charge is 0.455 e. The second kappa shape index (κ2) is 11.1. The summed E-state index contributed by atoms with van der Waals surface area (Å²) in [6.45, 7) is 20.6. The first-order valence-electron chi connectivity index (χ1n) is 18.2. The molecular weight excluding hydrogens is 596 g/mol. The molecule has 47 heavy (non-hydrogen) atoms. The third-order valence-electron chi connectivity index (χ3n) is 16.1. The predicted octanol–water partition coefficient (Wildman–Crippen LogP) is 6.26. The van der Waals surface area contributed by atoms with Gasteiger partial charge in [0.2, 0.25) is 0 Å². The highest BCUT2D eigenvalue weighted by Gasteiger charge is 2.84. The Hall–Kier alpha value is -1.74. The molecule has 8 nitrogen and oxygen atoms in total. The number of hydrogen-bond acceptors (Lipinski definition) is 8. The Bertz CT molecular complexity index is 1370. The van der Waals surface area contributed by atoms with Gasteiger partial charge in [0.1, 0.15) is 6.10 Å². The van der Waals surface area contributed by atoms with E-state index in [1.807, 2.05) is 6.92 Å². The van der Waals surface area contributed by atoms with Crippen molar-refractivity contribution >= 4 is 11.9 Å². The van der Waals surface area contributed by atoms with Crippen LogP contribution in [-0.4, -0.2) is 63.6 Å². The van der Waals surface area contributed by atoms with Gasteiger partial charge in [-0.25, -0.2) is 9.59 Å². The number of allylic oxidation sites excluding steroid dienone is 2. The lowest BCUT2D eigenvalue weighted by Crippen LogP contribution is -2.76. The number of fused-ring (bicyclic) bond motifs is 4. The quantitative estimate of drug-likeness (QED) is 0.240. The molecule has 5 aliphatic carbocycles. The Morgan fingerprint density at radius 2 is 1.38 bits per heavy atom. The van der Waals surface area contributed by atoms with Gasteiger partial charge in [0.15, 0.2) is 12.4 Å². The maximum atomic E-state index is 13.5. The standard InChI is InChI=1S/C39H60O8/c1-11-21(3)31(42)45-29-23(5)19-26-38-18-14-25-35(8)16-15-27(40)34(6,7)24(35)13-17-36(25,9)37(38,10)20-28(41)39(26,33(44)47-38)30(29)46-32(43)22(4)12-2/h11-12,23-30,33,40-41,44H,13-20H2,1-10H3/b21-11-,22-12-/t23-,24?,25?,26?,27-,28+,29+,30-,33-,35-,36+,37-,38-,39+/m0/s1. The van der Waals surface area contributed by atoms with Crippen LogP contribution in [0.25, 0.3) is 0 Å². The van der Waals surface area contributed by atoms with E-state index in [-0.39, 0.29) is 34.2 Å². The van der Waals surface area contributed by atoms with Gasteiger partial charge >= 0.3 is 11.9 Å². The molecule has 1 aliphatic heterocycles. The molecule has 14 atom stereocenters. The average Bonchev–Trinajstić information content (AvgIpc) is 3.22. The molecule has 264 valence electrons. The molecule has 0 aromatic heterocycles. The van der Waals surface area contributed by atoms with Crippen molar-refractivity contribution in [2.24, 2.45) is 50.7 Å². The molecule has 0 aromatic rings. The lowest BCUT2D eigenvalue weighted by atomic mass is 9.30. The molecule has 0 amide bonds. The first-order chi connectivity index (χ1) is 21.8. The molecule has 3 unspecified atom stereocenters. The summed E-state index contributed by atoms with van der Waals surface area (Å²) in [4.78, 5) is 26.7. The Balaban J connectivity index is 1.46. The summed E-state index contributed by atoms with van der Waals surface area (Å²) in [6.07, 6.45) is 4.95. The van der Waals surface area contributed by atoms with Gasteiger partial charge in [0, 0.05) is 22.5 Å². The minimum absolute atomic E-state index is 0.0307. The second-order valence-electron chi connectivity index (χ2n) is 17.8. The minimum Gasteiger partial charge on any atom is -0.455 e. The number of aliphatic hydroxyl groups excluding tert-OH is 3. The van der Waals surface area contributed by atoms with Crippen molar-refractivity contribution in [3.63, 3.8) is 0 Å². The van der Waals surface area contributed by atoms with E-state index in [9.17, 15) is 24.9 Å². The molecule has 5 saturated carbocycles. The SMILES string of the molecule is C/C=C(/C)C(=O)O[C@@H]1[C@@H](C)CC2[C@@]3([C@H](O)C[C@]4(C)[C@@]2(CCC2[C@@]5(C)CC[C@H](O)C(C)(C)C5CC[C@]24C)O[C@@H]3O)[C@H]1OC(=O)/C(C)=C\C. The smallest absolute Gasteiger partial charge is 0.333 e. The summed E-state index contributed by atoms with van der Waals surface area (Å²) >= 11 is 0. The van der Waals surface area contributed by atoms with Crippen LogP contribution in [-0.2, 0) is 23.8 Å². The molecule has 8 heteroatoms. The predicted molar refractivity (Wildman–Crippen MR) is 178 cm³/mol. The fraction of sp³-hybridized carbons (Fsp3) is 0.846. The van der Waals surface area contributed by atoms with Crippen molar-refractivity contribution in [3.05, 3.63) is 23.3 Å². The van der Waals surface area contributed by atoms with E-state index in [4.69, 9.17) is 14.2 Å².